The molecule has 0 aliphatic rings. The molecule has 0 aliphatic carbocycles. The first-order valence-corrected chi connectivity index (χ1v) is 4.92. The molecular formula is C10H9ClF5N. The van der Waals surface area contributed by atoms with Crippen molar-refractivity contribution in [3.63, 3.8) is 0 Å². The molecule has 1 atom stereocenters. The minimum atomic E-state index is -4.42. The third-order valence-corrected chi connectivity index (χ3v) is 2.65. The highest BCUT2D eigenvalue weighted by atomic mass is 35.5. The van der Waals surface area contributed by atoms with Crippen molar-refractivity contribution in [3.8, 4) is 0 Å². The number of nitrogens with two attached hydrogens (primary N) is 1. The Bertz CT molecular complexity index is 421. The van der Waals surface area contributed by atoms with Gasteiger partial charge in [0.1, 0.15) is 11.9 Å². The molecule has 1 unspecified atom stereocenters. The van der Waals surface area contributed by atoms with Gasteiger partial charge in [-0.25, -0.2) is 13.2 Å². The second kappa shape index (κ2) is 4.78. The lowest BCUT2D eigenvalue weighted by atomic mass is 9.99. The molecule has 0 aliphatic heterocycles. The summed E-state index contributed by atoms with van der Waals surface area (Å²) >= 11 is 5.51. The predicted molar refractivity (Wildman–Crippen MR) is 54.0 cm³/mol. The first-order valence-electron chi connectivity index (χ1n) is 4.55. The van der Waals surface area contributed by atoms with Gasteiger partial charge in [-0.2, -0.15) is 8.78 Å². The summed E-state index contributed by atoms with van der Waals surface area (Å²) in [5.74, 6) is -5.14. The van der Waals surface area contributed by atoms with Gasteiger partial charge in [0.2, 0.25) is 0 Å². The average Bonchev–Trinajstić information content (AvgIpc) is 2.22. The van der Waals surface area contributed by atoms with Crippen molar-refractivity contribution in [2.75, 3.05) is 0 Å². The Kier molecular flexibility index (Phi) is 3.99. The largest absolute Gasteiger partial charge is 0.326 e. The minimum absolute atomic E-state index is 0.00455. The van der Waals surface area contributed by atoms with Crippen molar-refractivity contribution >= 4 is 11.6 Å². The van der Waals surface area contributed by atoms with Gasteiger partial charge in [0.05, 0.1) is 0 Å². The van der Waals surface area contributed by atoms with Crippen LogP contribution in [-0.2, 0) is 0 Å². The lowest BCUT2D eigenvalue weighted by Gasteiger charge is -2.24. The van der Waals surface area contributed by atoms with Crippen LogP contribution in [0, 0.1) is 12.7 Å². The van der Waals surface area contributed by atoms with Crippen molar-refractivity contribution in [2.24, 2.45) is 5.73 Å². The van der Waals surface area contributed by atoms with Gasteiger partial charge in [0.25, 0.3) is 0 Å². The molecule has 0 amide bonds. The number of benzene rings is 1. The SMILES string of the molecule is Cc1cc(C(N)C(F)(F)C(F)F)c(Cl)cc1F. The lowest BCUT2D eigenvalue weighted by molar-refractivity contribution is -0.144. The van der Waals surface area contributed by atoms with Crippen molar-refractivity contribution in [1.29, 1.82) is 0 Å². The highest BCUT2D eigenvalue weighted by molar-refractivity contribution is 6.31. The summed E-state index contributed by atoms with van der Waals surface area (Å²) in [6, 6.07) is -0.569. The van der Waals surface area contributed by atoms with E-state index in [1.807, 2.05) is 0 Å². The van der Waals surface area contributed by atoms with E-state index < -0.39 is 34.8 Å². The van der Waals surface area contributed by atoms with E-state index in [9.17, 15) is 22.0 Å². The van der Waals surface area contributed by atoms with E-state index in [-0.39, 0.29) is 5.56 Å². The Hall–Kier alpha value is -0.880. The topological polar surface area (TPSA) is 26.0 Å². The van der Waals surface area contributed by atoms with Gasteiger partial charge in [-0.05, 0) is 30.2 Å². The number of alkyl halides is 4. The summed E-state index contributed by atoms with van der Waals surface area (Å²) in [6.45, 7) is 1.29. The molecule has 1 aromatic carbocycles. The normalized spacial score (nSPS) is 14.2. The summed E-state index contributed by atoms with van der Waals surface area (Å²) in [7, 11) is 0. The molecule has 17 heavy (non-hydrogen) atoms. The van der Waals surface area contributed by atoms with Crippen LogP contribution >= 0.6 is 11.6 Å². The lowest BCUT2D eigenvalue weighted by Crippen LogP contribution is -2.39. The molecule has 0 saturated carbocycles. The number of rotatable bonds is 3. The van der Waals surface area contributed by atoms with Gasteiger partial charge in [-0.3, -0.25) is 0 Å². The number of hydrogen-bond donors (Lipinski definition) is 1. The van der Waals surface area contributed by atoms with Gasteiger partial charge in [0.15, 0.2) is 0 Å². The van der Waals surface area contributed by atoms with Crippen LogP contribution in [0.1, 0.15) is 17.2 Å². The van der Waals surface area contributed by atoms with Crippen molar-refractivity contribution in [2.45, 2.75) is 25.3 Å². The highest BCUT2D eigenvalue weighted by Crippen LogP contribution is 2.38. The fourth-order valence-corrected chi connectivity index (χ4v) is 1.53. The standard InChI is InChI=1S/C10H9ClF5N/c1-4-2-5(6(11)3-7(4)12)8(17)10(15,16)9(13)14/h2-3,8-9H,17H2,1H3. The van der Waals surface area contributed by atoms with Gasteiger partial charge >= 0.3 is 12.3 Å². The average molecular weight is 274 g/mol. The number of aryl methyl sites for hydroxylation is 1. The number of halogens is 6. The van der Waals surface area contributed by atoms with Crippen LogP contribution in [0.5, 0.6) is 0 Å². The third kappa shape index (κ3) is 2.69. The molecule has 0 radical (unpaired) electrons. The van der Waals surface area contributed by atoms with Crippen molar-refractivity contribution < 1.29 is 22.0 Å². The van der Waals surface area contributed by atoms with Gasteiger partial charge in [0, 0.05) is 5.02 Å². The molecule has 1 rings (SSSR count). The molecule has 0 aromatic heterocycles. The van der Waals surface area contributed by atoms with E-state index in [1.54, 1.807) is 0 Å². The molecule has 1 aromatic rings. The van der Waals surface area contributed by atoms with E-state index in [2.05, 4.69) is 0 Å². The van der Waals surface area contributed by atoms with E-state index in [0.29, 0.717) is 0 Å². The first-order chi connectivity index (χ1) is 7.67. The summed E-state index contributed by atoms with van der Waals surface area (Å²) in [4.78, 5) is 0. The summed E-state index contributed by atoms with van der Waals surface area (Å²) < 4.78 is 63.3. The molecule has 0 heterocycles. The second-order valence-electron chi connectivity index (χ2n) is 3.58. The molecule has 0 saturated heterocycles. The molecule has 96 valence electrons. The number of hydrogen-bond acceptors (Lipinski definition) is 1. The molecule has 0 fully saturated rings. The predicted octanol–water partition coefficient (Wildman–Crippen LogP) is 3.69. The van der Waals surface area contributed by atoms with Crippen LogP contribution < -0.4 is 5.73 Å². The monoisotopic (exact) mass is 273 g/mol. The highest BCUT2D eigenvalue weighted by Gasteiger charge is 2.48. The smallest absolute Gasteiger partial charge is 0.319 e. The molecule has 0 spiro atoms. The van der Waals surface area contributed by atoms with E-state index in [1.165, 1.54) is 6.92 Å². The quantitative estimate of drug-likeness (QED) is 0.835. The van der Waals surface area contributed by atoms with Crippen molar-refractivity contribution in [3.05, 3.63) is 34.1 Å². The maximum atomic E-state index is 13.0. The Morgan fingerprint density at radius 2 is 1.82 bits per heavy atom. The zero-order valence-corrected chi connectivity index (χ0v) is 9.41. The van der Waals surface area contributed by atoms with Gasteiger partial charge in [-0.1, -0.05) is 11.6 Å². The molecule has 2 N–H and O–H groups in total. The summed E-state index contributed by atoms with van der Waals surface area (Å²) in [5, 5.41) is -0.402. The van der Waals surface area contributed by atoms with Gasteiger partial charge in [-0.15, -0.1) is 0 Å². The molecule has 1 nitrogen and oxygen atoms in total. The van der Waals surface area contributed by atoms with Crippen molar-refractivity contribution in [1.82, 2.24) is 0 Å². The Morgan fingerprint density at radius 3 is 2.29 bits per heavy atom. The Labute approximate surface area is 99.4 Å². The zero-order valence-electron chi connectivity index (χ0n) is 8.65. The van der Waals surface area contributed by atoms with Crippen LogP contribution in [0.3, 0.4) is 0 Å². The van der Waals surface area contributed by atoms with Crippen LogP contribution in [0.25, 0.3) is 0 Å². The molecular weight excluding hydrogens is 265 g/mol. The van der Waals surface area contributed by atoms with Crippen LogP contribution in [-0.4, -0.2) is 12.3 Å². The Morgan fingerprint density at radius 1 is 1.29 bits per heavy atom. The molecule has 0 bridgehead atoms. The fraction of sp³-hybridized carbons (Fsp3) is 0.400. The maximum Gasteiger partial charge on any atom is 0.326 e. The van der Waals surface area contributed by atoms with Crippen LogP contribution in [0.4, 0.5) is 22.0 Å². The van der Waals surface area contributed by atoms with Crippen LogP contribution in [0.15, 0.2) is 12.1 Å². The Balaban J connectivity index is 3.21. The van der Waals surface area contributed by atoms with E-state index >= 15 is 0 Å². The summed E-state index contributed by atoms with van der Waals surface area (Å²) in [5.41, 5.74) is 4.65. The molecule has 7 heteroatoms. The fourth-order valence-electron chi connectivity index (χ4n) is 1.26. The van der Waals surface area contributed by atoms with E-state index in [4.69, 9.17) is 17.3 Å². The minimum Gasteiger partial charge on any atom is -0.319 e. The van der Waals surface area contributed by atoms with Crippen LogP contribution in [0.2, 0.25) is 5.02 Å². The van der Waals surface area contributed by atoms with E-state index in [0.717, 1.165) is 12.1 Å². The maximum absolute atomic E-state index is 13.0. The third-order valence-electron chi connectivity index (χ3n) is 2.32. The second-order valence-corrected chi connectivity index (χ2v) is 3.98. The first kappa shape index (κ1) is 14.2. The van der Waals surface area contributed by atoms with Gasteiger partial charge < -0.3 is 5.73 Å². The zero-order chi connectivity index (χ0) is 13.4. The summed E-state index contributed by atoms with van der Waals surface area (Å²) in [6.07, 6.45) is -3.92.